The average Bonchev–Trinajstić information content (AvgIpc) is 0.783. The monoisotopic (exact) mass is 1480 g/mol. The first kappa shape index (κ1) is 96.2. The molecule has 3 fully saturated rings. The normalized spacial score (nSPS) is 26.0. The number of carbonyl (C=O) groups excluding carboxylic acids is 1. The lowest BCUT2D eigenvalue weighted by Gasteiger charge is -2.48. The fourth-order valence-electron chi connectivity index (χ4n) is 14.8. The average molecular weight is 1480 g/mol. The summed E-state index contributed by atoms with van der Waals surface area (Å²) in [5.41, 5.74) is 0. The molecule has 12 N–H and O–H groups in total. The number of rotatable bonds is 70. The lowest BCUT2D eigenvalue weighted by Crippen LogP contribution is -2.66. The number of carbonyl (C=O) groups is 1. The summed E-state index contributed by atoms with van der Waals surface area (Å²) in [5, 5.41) is 121. The molecule has 0 radical (unpaired) electrons. The standard InChI is InChI=1S/C85H159NO18/c1-3-5-7-9-11-13-15-17-19-21-23-25-26-27-28-29-30-31-32-33-34-35-36-37-38-39-40-41-42-43-45-47-49-51-53-55-57-59-61-63-73(91)86-68(69(90)62-60-58-56-54-52-50-48-46-44-24-22-20-18-16-14-12-10-8-6-4-2)67-99-83-79(97)76(94)81(71(65-88)101-83)104-85-80(98)77(95)82(72(66-89)102-85)103-84-78(96)75(93)74(92)70(64-87)100-84/h15,17,21,23,60,62,68-72,74-85,87-90,92-98H,3-14,16,18-20,22,24-59,61,63-67H2,1-2H3,(H,86,91)/b17-15-,23-21-,62-60+. The van der Waals surface area contributed by atoms with E-state index in [-0.39, 0.29) is 18.9 Å². The number of hydrogen-bond donors (Lipinski definition) is 12. The highest BCUT2D eigenvalue weighted by Crippen LogP contribution is 2.33. The largest absolute Gasteiger partial charge is 0.394 e. The van der Waals surface area contributed by atoms with Gasteiger partial charge in [-0.05, 0) is 51.4 Å². The van der Waals surface area contributed by atoms with E-state index in [0.29, 0.717) is 6.42 Å². The first-order valence-electron chi connectivity index (χ1n) is 43.2. The molecule has 17 atom stereocenters. The third-order valence-electron chi connectivity index (χ3n) is 21.7. The Bertz CT molecular complexity index is 2020. The lowest BCUT2D eigenvalue weighted by atomic mass is 9.96. The molecule has 3 heterocycles. The molecule has 0 saturated carbocycles. The summed E-state index contributed by atoms with van der Waals surface area (Å²) < 4.78 is 34.5. The summed E-state index contributed by atoms with van der Waals surface area (Å²) in [5.74, 6) is -0.267. The van der Waals surface area contributed by atoms with Crippen molar-refractivity contribution in [1.82, 2.24) is 5.32 Å². The van der Waals surface area contributed by atoms with Crippen LogP contribution in [-0.4, -0.2) is 193 Å². The maximum absolute atomic E-state index is 13.5. The molecule has 0 bridgehead atoms. The van der Waals surface area contributed by atoms with Gasteiger partial charge in [0.25, 0.3) is 0 Å². The van der Waals surface area contributed by atoms with Crippen LogP contribution in [0.5, 0.6) is 0 Å². The Balaban J connectivity index is 1.30. The summed E-state index contributed by atoms with van der Waals surface area (Å²) in [6.07, 6.45) is 55.9. The Labute approximate surface area is 631 Å². The smallest absolute Gasteiger partial charge is 0.220 e. The predicted octanol–water partition coefficient (Wildman–Crippen LogP) is 15.5. The van der Waals surface area contributed by atoms with Crippen LogP contribution in [0.15, 0.2) is 36.5 Å². The molecule has 3 saturated heterocycles. The van der Waals surface area contributed by atoms with Gasteiger partial charge in [-0.25, -0.2) is 0 Å². The first-order valence-corrected chi connectivity index (χ1v) is 43.2. The van der Waals surface area contributed by atoms with Gasteiger partial charge in [0.05, 0.1) is 38.6 Å². The first-order chi connectivity index (χ1) is 50.8. The van der Waals surface area contributed by atoms with Gasteiger partial charge in [-0.15, -0.1) is 0 Å². The fraction of sp³-hybridized carbons (Fsp3) is 0.918. The Morgan fingerprint density at radius 1 is 0.346 bits per heavy atom. The van der Waals surface area contributed by atoms with Gasteiger partial charge in [0.2, 0.25) is 5.91 Å². The van der Waals surface area contributed by atoms with Crippen LogP contribution in [0.25, 0.3) is 0 Å². The van der Waals surface area contributed by atoms with Crippen LogP contribution in [-0.2, 0) is 33.2 Å². The van der Waals surface area contributed by atoms with Gasteiger partial charge in [0.15, 0.2) is 18.9 Å². The Kier molecular flexibility index (Phi) is 60.8. The molecule has 19 heteroatoms. The second-order valence-electron chi connectivity index (χ2n) is 31.0. The molecule has 3 aliphatic heterocycles. The van der Waals surface area contributed by atoms with E-state index in [2.05, 4.69) is 43.5 Å². The van der Waals surface area contributed by atoms with Crippen LogP contribution in [0, 0.1) is 0 Å². The summed E-state index contributed by atoms with van der Waals surface area (Å²) in [4.78, 5) is 13.5. The van der Waals surface area contributed by atoms with E-state index in [1.165, 1.54) is 289 Å². The van der Waals surface area contributed by atoms with Crippen LogP contribution in [0.3, 0.4) is 0 Å². The second-order valence-corrected chi connectivity index (χ2v) is 31.0. The highest BCUT2D eigenvalue weighted by atomic mass is 16.8. The number of amides is 1. The van der Waals surface area contributed by atoms with Crippen molar-refractivity contribution in [2.24, 2.45) is 0 Å². The van der Waals surface area contributed by atoms with Crippen molar-refractivity contribution in [1.29, 1.82) is 0 Å². The molecule has 0 aromatic rings. The van der Waals surface area contributed by atoms with E-state index in [1.54, 1.807) is 6.08 Å². The molecular weight excluding hydrogens is 1320 g/mol. The van der Waals surface area contributed by atoms with Crippen molar-refractivity contribution < 1.29 is 89.4 Å². The highest BCUT2D eigenvalue weighted by Gasteiger charge is 2.54. The molecule has 612 valence electrons. The molecule has 19 nitrogen and oxygen atoms in total. The zero-order chi connectivity index (χ0) is 75.3. The maximum Gasteiger partial charge on any atom is 0.220 e. The Morgan fingerprint density at radius 2 is 0.635 bits per heavy atom. The molecule has 104 heavy (non-hydrogen) atoms. The number of allylic oxidation sites excluding steroid dienone is 5. The van der Waals surface area contributed by atoms with Gasteiger partial charge >= 0.3 is 0 Å². The summed E-state index contributed by atoms with van der Waals surface area (Å²) in [6.45, 7) is 1.78. The summed E-state index contributed by atoms with van der Waals surface area (Å²) in [7, 11) is 0. The van der Waals surface area contributed by atoms with Gasteiger partial charge < -0.3 is 89.9 Å². The van der Waals surface area contributed by atoms with Crippen LogP contribution < -0.4 is 5.32 Å². The van der Waals surface area contributed by atoms with Gasteiger partial charge in [-0.3, -0.25) is 4.79 Å². The van der Waals surface area contributed by atoms with Crippen molar-refractivity contribution in [3.8, 4) is 0 Å². The minimum atomic E-state index is -1.98. The van der Waals surface area contributed by atoms with Crippen LogP contribution in [0.1, 0.15) is 367 Å². The minimum Gasteiger partial charge on any atom is -0.394 e. The number of ether oxygens (including phenoxy) is 6. The van der Waals surface area contributed by atoms with E-state index in [1.807, 2.05) is 6.08 Å². The van der Waals surface area contributed by atoms with Gasteiger partial charge in [-0.1, -0.05) is 346 Å². The number of aliphatic hydroxyl groups excluding tert-OH is 11. The molecule has 0 aromatic carbocycles. The quantitative estimate of drug-likeness (QED) is 0.0199. The molecule has 0 aromatic heterocycles. The van der Waals surface area contributed by atoms with Crippen molar-refractivity contribution in [3.05, 3.63) is 36.5 Å². The summed E-state index contributed by atoms with van der Waals surface area (Å²) >= 11 is 0. The maximum atomic E-state index is 13.5. The lowest BCUT2D eigenvalue weighted by molar-refractivity contribution is -0.379. The van der Waals surface area contributed by atoms with Gasteiger partial charge in [-0.2, -0.15) is 0 Å². The Hall–Kier alpha value is -1.99. The van der Waals surface area contributed by atoms with Gasteiger partial charge in [0.1, 0.15) is 73.2 Å². The van der Waals surface area contributed by atoms with E-state index >= 15 is 0 Å². The number of hydrogen-bond acceptors (Lipinski definition) is 18. The third-order valence-corrected chi connectivity index (χ3v) is 21.7. The minimum absolute atomic E-state index is 0.248. The number of unbranched alkanes of at least 4 members (excludes halogenated alkanes) is 50. The molecule has 3 aliphatic rings. The van der Waals surface area contributed by atoms with E-state index in [4.69, 9.17) is 28.4 Å². The molecule has 1 amide bonds. The Morgan fingerprint density at radius 3 is 0.981 bits per heavy atom. The highest BCUT2D eigenvalue weighted by molar-refractivity contribution is 5.76. The van der Waals surface area contributed by atoms with Crippen molar-refractivity contribution in [2.75, 3.05) is 26.4 Å². The predicted molar refractivity (Wildman–Crippen MR) is 416 cm³/mol. The molecule has 0 aliphatic carbocycles. The topological polar surface area (TPSA) is 307 Å². The van der Waals surface area contributed by atoms with Crippen LogP contribution >= 0.6 is 0 Å². The fourth-order valence-corrected chi connectivity index (χ4v) is 14.8. The van der Waals surface area contributed by atoms with Crippen molar-refractivity contribution in [3.63, 3.8) is 0 Å². The zero-order valence-electron chi connectivity index (χ0n) is 65.8. The number of aliphatic hydroxyl groups is 11. The summed E-state index contributed by atoms with van der Waals surface area (Å²) in [6, 6.07) is -0.972. The third kappa shape index (κ3) is 44.8. The molecule has 0 spiro atoms. The second kappa shape index (κ2) is 65.7. The van der Waals surface area contributed by atoms with E-state index in [9.17, 15) is 61.0 Å². The van der Waals surface area contributed by atoms with Crippen LogP contribution in [0.4, 0.5) is 0 Å². The van der Waals surface area contributed by atoms with E-state index < -0.39 is 124 Å². The van der Waals surface area contributed by atoms with Crippen molar-refractivity contribution in [2.45, 2.75) is 471 Å². The van der Waals surface area contributed by atoms with Crippen molar-refractivity contribution >= 4 is 5.91 Å². The SMILES string of the molecule is CCCCCCC/C=C\C/C=C\CCCCCCCCCCCCCCCCCCCCCCCCCCCCCC(=O)NC(COC1OC(CO)C(OC2OC(CO)C(OC3OC(CO)C(O)C(O)C3O)C(O)C2O)C(O)C1O)C(O)/C=C/CCCCCCCCCCCCCCCCCCCC. The number of nitrogens with one attached hydrogen (secondary N) is 1. The molecule has 3 rings (SSSR count). The van der Waals surface area contributed by atoms with Gasteiger partial charge in [0, 0.05) is 6.42 Å². The van der Waals surface area contributed by atoms with E-state index in [0.717, 1.165) is 51.4 Å². The molecular formula is C85H159NO18. The molecule has 17 unspecified atom stereocenters. The zero-order valence-corrected chi connectivity index (χ0v) is 65.8. The van der Waals surface area contributed by atoms with Crippen LogP contribution in [0.2, 0.25) is 0 Å².